The van der Waals surface area contributed by atoms with Crippen molar-refractivity contribution in [1.29, 1.82) is 0 Å². The van der Waals surface area contributed by atoms with Crippen molar-refractivity contribution in [3.05, 3.63) is 24.3 Å². The number of para-hydroxylation sites is 2. The van der Waals surface area contributed by atoms with Crippen LogP contribution in [0, 0.1) is 0 Å². The lowest BCUT2D eigenvalue weighted by atomic mass is 10.3. The zero-order valence-corrected chi connectivity index (χ0v) is 8.00. The number of hydrogen-bond donors (Lipinski definition) is 1. The average Bonchev–Trinajstić information content (AvgIpc) is 2.57. The van der Waals surface area contributed by atoms with E-state index in [2.05, 4.69) is 9.97 Å². The normalized spacial score (nSPS) is 10.6. The summed E-state index contributed by atoms with van der Waals surface area (Å²) in [4.78, 5) is 17.4. The second-order valence-corrected chi connectivity index (χ2v) is 3.68. The number of aromatic nitrogens is 2. The van der Waals surface area contributed by atoms with Gasteiger partial charge in [0.2, 0.25) is 0 Å². The van der Waals surface area contributed by atoms with Gasteiger partial charge in [-0.05, 0) is 12.1 Å². The van der Waals surface area contributed by atoms with Gasteiger partial charge in [0.05, 0.1) is 17.0 Å². The number of benzene rings is 1. The first kappa shape index (κ1) is 9.08. The molecule has 14 heavy (non-hydrogen) atoms. The monoisotopic (exact) mass is 207 g/mol. The van der Waals surface area contributed by atoms with E-state index in [4.69, 9.17) is 0 Å². The highest BCUT2D eigenvalue weighted by molar-refractivity contribution is 7.99. The van der Waals surface area contributed by atoms with E-state index in [0.717, 1.165) is 22.8 Å². The molecular weight excluding hydrogens is 200 g/mol. The molecular formula is C9H7N2O2S-. The molecule has 72 valence electrons. The van der Waals surface area contributed by atoms with Crippen molar-refractivity contribution >= 4 is 28.8 Å². The molecule has 2 rings (SSSR count). The summed E-state index contributed by atoms with van der Waals surface area (Å²) in [5.74, 6) is -1.17. The van der Waals surface area contributed by atoms with Crippen molar-refractivity contribution in [2.75, 3.05) is 5.75 Å². The maximum Gasteiger partial charge on any atom is 0.166 e. The molecule has 0 aliphatic rings. The van der Waals surface area contributed by atoms with Crippen LogP contribution in [-0.4, -0.2) is 21.7 Å². The van der Waals surface area contributed by atoms with Gasteiger partial charge in [0, 0.05) is 5.75 Å². The van der Waals surface area contributed by atoms with E-state index in [1.165, 1.54) is 0 Å². The van der Waals surface area contributed by atoms with Crippen molar-refractivity contribution < 1.29 is 9.90 Å². The Labute approximate surface area is 84.4 Å². The number of nitrogens with zero attached hydrogens (tertiary/aromatic N) is 1. The second kappa shape index (κ2) is 3.71. The minimum absolute atomic E-state index is 0.0835. The van der Waals surface area contributed by atoms with Crippen molar-refractivity contribution in [3.63, 3.8) is 0 Å². The molecule has 2 aromatic rings. The molecule has 0 spiro atoms. The van der Waals surface area contributed by atoms with Gasteiger partial charge in [-0.1, -0.05) is 23.9 Å². The van der Waals surface area contributed by atoms with Crippen molar-refractivity contribution in [1.82, 2.24) is 9.97 Å². The van der Waals surface area contributed by atoms with E-state index in [0.29, 0.717) is 5.16 Å². The quantitative estimate of drug-likeness (QED) is 0.740. The molecule has 0 aliphatic heterocycles. The smallest absolute Gasteiger partial charge is 0.166 e. The lowest BCUT2D eigenvalue weighted by Gasteiger charge is -1.96. The summed E-state index contributed by atoms with van der Waals surface area (Å²) in [6.07, 6.45) is 0. The molecule has 0 aliphatic carbocycles. The maximum atomic E-state index is 10.2. The highest BCUT2D eigenvalue weighted by Crippen LogP contribution is 2.18. The number of thioether (sulfide) groups is 1. The number of imidazole rings is 1. The molecule has 1 heterocycles. The van der Waals surface area contributed by atoms with E-state index >= 15 is 0 Å². The standard InChI is InChI=1S/C9H8N2O2S/c12-8(13)5-14-9-10-6-3-1-2-4-7(6)11-9/h1-4H,5H2,(H,10,11)(H,12,13)/p-1. The largest absolute Gasteiger partial charge is 0.549 e. The Kier molecular flexibility index (Phi) is 2.41. The van der Waals surface area contributed by atoms with Crippen LogP contribution >= 0.6 is 11.8 Å². The number of aliphatic carboxylic acids is 1. The van der Waals surface area contributed by atoms with Gasteiger partial charge in [0.1, 0.15) is 0 Å². The van der Waals surface area contributed by atoms with Crippen molar-refractivity contribution in [3.8, 4) is 0 Å². The Morgan fingerprint density at radius 2 is 2.29 bits per heavy atom. The Bertz CT molecular complexity index is 434. The van der Waals surface area contributed by atoms with Crippen LogP contribution in [0.3, 0.4) is 0 Å². The Balaban J connectivity index is 2.22. The third-order valence-electron chi connectivity index (χ3n) is 1.69. The van der Waals surface area contributed by atoms with Gasteiger partial charge in [-0.25, -0.2) is 4.98 Å². The summed E-state index contributed by atoms with van der Waals surface area (Å²) in [6.45, 7) is 0. The number of carbonyl (C=O) groups is 1. The predicted octanol–water partition coefficient (Wildman–Crippen LogP) is 0.405. The summed E-state index contributed by atoms with van der Waals surface area (Å²) >= 11 is 1.13. The average molecular weight is 207 g/mol. The first-order valence-corrected chi connectivity index (χ1v) is 5.01. The topological polar surface area (TPSA) is 68.8 Å². The van der Waals surface area contributed by atoms with Crippen LogP contribution in [0.25, 0.3) is 11.0 Å². The molecule has 1 N–H and O–H groups in total. The van der Waals surface area contributed by atoms with Crippen LogP contribution in [0.4, 0.5) is 0 Å². The fourth-order valence-corrected chi connectivity index (χ4v) is 1.72. The molecule has 0 bridgehead atoms. The minimum Gasteiger partial charge on any atom is -0.549 e. The third kappa shape index (κ3) is 1.88. The number of fused-ring (bicyclic) bond motifs is 1. The number of carboxylic acids is 1. The van der Waals surface area contributed by atoms with Gasteiger partial charge in [0.15, 0.2) is 5.16 Å². The van der Waals surface area contributed by atoms with Crippen LogP contribution in [0.1, 0.15) is 0 Å². The summed E-state index contributed by atoms with van der Waals surface area (Å²) in [7, 11) is 0. The summed E-state index contributed by atoms with van der Waals surface area (Å²) in [6, 6.07) is 7.55. The first-order chi connectivity index (χ1) is 6.75. The van der Waals surface area contributed by atoms with Crippen molar-refractivity contribution in [2.45, 2.75) is 5.16 Å². The Morgan fingerprint density at radius 1 is 1.50 bits per heavy atom. The number of carbonyl (C=O) groups excluding carboxylic acids is 1. The van der Waals surface area contributed by atoms with Crippen LogP contribution in [0.2, 0.25) is 0 Å². The molecule has 1 aromatic heterocycles. The Morgan fingerprint density at radius 3 is 3.00 bits per heavy atom. The van der Waals surface area contributed by atoms with E-state index in [1.54, 1.807) is 0 Å². The van der Waals surface area contributed by atoms with Crippen LogP contribution in [-0.2, 0) is 4.79 Å². The third-order valence-corrected chi connectivity index (χ3v) is 2.54. The highest BCUT2D eigenvalue weighted by Gasteiger charge is 2.01. The number of hydrogen-bond acceptors (Lipinski definition) is 4. The SMILES string of the molecule is O=C([O-])CSc1nc2ccccc2[nH]1. The molecule has 0 atom stereocenters. The second-order valence-electron chi connectivity index (χ2n) is 2.72. The van der Waals surface area contributed by atoms with E-state index < -0.39 is 5.97 Å². The molecule has 0 unspecified atom stereocenters. The van der Waals surface area contributed by atoms with Crippen LogP contribution in [0.5, 0.6) is 0 Å². The summed E-state index contributed by atoms with van der Waals surface area (Å²) in [5, 5.41) is 10.8. The first-order valence-electron chi connectivity index (χ1n) is 4.03. The van der Waals surface area contributed by atoms with E-state index in [-0.39, 0.29) is 5.75 Å². The summed E-state index contributed by atoms with van der Waals surface area (Å²) < 4.78 is 0. The van der Waals surface area contributed by atoms with Crippen molar-refractivity contribution in [2.24, 2.45) is 0 Å². The molecule has 5 heteroatoms. The minimum atomic E-state index is -1.09. The lowest BCUT2D eigenvalue weighted by Crippen LogP contribution is -2.24. The van der Waals surface area contributed by atoms with Gasteiger partial charge in [-0.2, -0.15) is 0 Å². The zero-order chi connectivity index (χ0) is 9.97. The maximum absolute atomic E-state index is 10.2. The molecule has 1 aromatic carbocycles. The molecule has 4 nitrogen and oxygen atoms in total. The molecule has 0 saturated carbocycles. The number of rotatable bonds is 3. The predicted molar refractivity (Wildman–Crippen MR) is 51.8 cm³/mol. The highest BCUT2D eigenvalue weighted by atomic mass is 32.2. The van der Waals surface area contributed by atoms with Gasteiger partial charge < -0.3 is 14.9 Å². The zero-order valence-electron chi connectivity index (χ0n) is 7.19. The lowest BCUT2D eigenvalue weighted by molar-refractivity contribution is -0.301. The number of nitrogens with one attached hydrogen (secondary N) is 1. The fourth-order valence-electron chi connectivity index (χ4n) is 1.13. The van der Waals surface area contributed by atoms with E-state index in [1.807, 2.05) is 24.3 Å². The number of aromatic amines is 1. The summed E-state index contributed by atoms with van der Waals surface area (Å²) in [5.41, 5.74) is 1.75. The van der Waals surface area contributed by atoms with Gasteiger partial charge in [-0.3, -0.25) is 0 Å². The van der Waals surface area contributed by atoms with Crippen LogP contribution in [0.15, 0.2) is 29.4 Å². The molecule has 0 fully saturated rings. The fraction of sp³-hybridized carbons (Fsp3) is 0.111. The molecule has 0 amide bonds. The number of H-pyrrole nitrogens is 1. The molecule has 0 saturated heterocycles. The van der Waals surface area contributed by atoms with Crippen LogP contribution < -0.4 is 5.11 Å². The Hall–Kier alpha value is -1.49. The van der Waals surface area contributed by atoms with Gasteiger partial charge in [0.25, 0.3) is 0 Å². The van der Waals surface area contributed by atoms with E-state index in [9.17, 15) is 9.90 Å². The van der Waals surface area contributed by atoms with Gasteiger partial charge in [-0.15, -0.1) is 0 Å². The number of carboxylic acid groups (broad SMARTS) is 1. The molecule has 0 radical (unpaired) electrons. The van der Waals surface area contributed by atoms with Gasteiger partial charge >= 0.3 is 0 Å².